The highest BCUT2D eigenvalue weighted by Crippen LogP contribution is 2.21. The Kier molecular flexibility index (Phi) is 13.8. The predicted octanol–water partition coefficient (Wildman–Crippen LogP) is 4.05. The van der Waals surface area contributed by atoms with Crippen molar-refractivity contribution in [3.05, 3.63) is 20.9 Å². The number of amides is 4. The third kappa shape index (κ3) is 9.87. The molecule has 0 aromatic carbocycles. The van der Waals surface area contributed by atoms with E-state index >= 15 is 0 Å². The average Bonchev–Trinajstić information content (AvgIpc) is 3.04. The summed E-state index contributed by atoms with van der Waals surface area (Å²) in [6, 6.07) is 1.13. The van der Waals surface area contributed by atoms with Crippen LogP contribution in [0.25, 0.3) is 0 Å². The number of nitrogens with one attached hydrogen (secondary N) is 3. The second kappa shape index (κ2) is 14.6. The van der Waals surface area contributed by atoms with Crippen molar-refractivity contribution >= 4 is 12.1 Å². The second-order valence-corrected chi connectivity index (χ2v) is 7.39. The number of carbonyl (C=O) groups excluding carboxylic acids is 2. The molecule has 1 unspecified atom stereocenters. The topological polar surface area (TPSA) is 73.5 Å². The van der Waals surface area contributed by atoms with Crippen molar-refractivity contribution < 1.29 is 9.59 Å². The van der Waals surface area contributed by atoms with Crippen LogP contribution in [0.1, 0.15) is 71.1 Å². The van der Waals surface area contributed by atoms with Gasteiger partial charge in [-0.05, 0) is 31.6 Å². The van der Waals surface area contributed by atoms with Gasteiger partial charge in [0.1, 0.15) is 0 Å². The van der Waals surface area contributed by atoms with Crippen LogP contribution < -0.4 is 16.0 Å². The van der Waals surface area contributed by atoms with Gasteiger partial charge in [0.15, 0.2) is 0 Å². The Bertz CT molecular complexity index is 409. The molecule has 6 heteroatoms. The maximum Gasteiger partial charge on any atom is 0.317 e. The van der Waals surface area contributed by atoms with Gasteiger partial charge >= 0.3 is 12.1 Å². The van der Waals surface area contributed by atoms with Gasteiger partial charge in [-0.15, -0.1) is 0 Å². The lowest BCUT2D eigenvalue weighted by atomic mass is 9.97. The fourth-order valence-corrected chi connectivity index (χ4v) is 3.57. The van der Waals surface area contributed by atoms with Crippen LogP contribution in [0.15, 0.2) is 0 Å². The average molecular weight is 380 g/mol. The van der Waals surface area contributed by atoms with Crippen LogP contribution >= 0.6 is 0 Å². The van der Waals surface area contributed by atoms with Crippen LogP contribution in [0.2, 0.25) is 0 Å². The molecule has 0 aromatic rings. The second-order valence-electron chi connectivity index (χ2n) is 7.39. The zero-order valence-corrected chi connectivity index (χ0v) is 17.2. The van der Waals surface area contributed by atoms with Crippen LogP contribution in [0.4, 0.5) is 9.59 Å². The molecule has 1 aliphatic carbocycles. The number of hydrogen-bond acceptors (Lipinski definition) is 2. The minimum Gasteiger partial charge on any atom is -0.338 e. The molecule has 2 aliphatic rings. The van der Waals surface area contributed by atoms with E-state index in [-0.39, 0.29) is 26.9 Å². The number of rotatable bonds is 6. The molecular weight excluding hydrogens is 340 g/mol. The van der Waals surface area contributed by atoms with Gasteiger partial charge in [0, 0.05) is 26.2 Å². The van der Waals surface area contributed by atoms with E-state index in [1.54, 1.807) is 0 Å². The first kappa shape index (κ1) is 25.5. The lowest BCUT2D eigenvalue weighted by Gasteiger charge is -2.21. The number of carbonyl (C=O) groups is 2. The number of unbranched alkanes of at least 4 members (excludes halogenated alkanes) is 1. The third-order valence-electron chi connectivity index (χ3n) is 5.18. The standard InChI is InChI=1S/C19H35N4O2.2CH2/c1-2-3-12-20-19(25)23-13-11-16(15-23)14-21-18(24)22-17-9-7-5-4-6-8-10-17;;/h16H,2-15H2,1H3,(H,20,25)(H2,21,22,24);2*1H2. The Balaban J connectivity index is 0.00000338. The molecule has 4 amide bonds. The Hall–Kier alpha value is -1.46. The Labute approximate surface area is 167 Å². The number of hydrogen-bond donors (Lipinski definition) is 3. The van der Waals surface area contributed by atoms with Crippen molar-refractivity contribution in [3.8, 4) is 0 Å². The van der Waals surface area contributed by atoms with Crippen molar-refractivity contribution in [2.75, 3.05) is 26.2 Å². The molecule has 2 rings (SSSR count). The minimum atomic E-state index is -0.0820. The van der Waals surface area contributed by atoms with Gasteiger partial charge in [0.05, 0.1) is 6.04 Å². The van der Waals surface area contributed by atoms with Gasteiger partial charge in [-0.1, -0.05) is 60.3 Å². The molecular formula is C21H39N4O2. The maximum absolute atomic E-state index is 12.1. The van der Waals surface area contributed by atoms with Crippen LogP contribution in [-0.4, -0.2) is 43.1 Å². The summed E-state index contributed by atoms with van der Waals surface area (Å²) in [6.07, 6.45) is 11.3. The smallest absolute Gasteiger partial charge is 0.317 e. The number of likely N-dealkylation sites (tertiary alicyclic amines) is 1. The molecule has 155 valence electrons. The molecule has 1 heterocycles. The van der Waals surface area contributed by atoms with Gasteiger partial charge in [-0.25, -0.2) is 9.59 Å². The van der Waals surface area contributed by atoms with E-state index < -0.39 is 0 Å². The molecule has 0 aromatic heterocycles. The maximum atomic E-state index is 12.1. The van der Waals surface area contributed by atoms with Gasteiger partial charge in [-0.3, -0.25) is 0 Å². The SMILES string of the molecule is CCCCNC(=O)N1CCC(CNC(=O)N[C]2CCCCCCC2)C1.[CH2].[CH2]. The summed E-state index contributed by atoms with van der Waals surface area (Å²) in [5, 5.41) is 9.00. The first-order chi connectivity index (χ1) is 12.2. The molecule has 0 spiro atoms. The summed E-state index contributed by atoms with van der Waals surface area (Å²) in [5.74, 6) is 0.352. The highest BCUT2D eigenvalue weighted by Gasteiger charge is 2.26. The highest BCUT2D eigenvalue weighted by molar-refractivity contribution is 5.75. The van der Waals surface area contributed by atoms with Gasteiger partial charge in [-0.2, -0.15) is 0 Å². The van der Waals surface area contributed by atoms with Gasteiger partial charge < -0.3 is 20.9 Å². The molecule has 1 saturated carbocycles. The van der Waals surface area contributed by atoms with E-state index in [9.17, 15) is 9.59 Å². The fraction of sp³-hybridized carbons (Fsp3) is 0.762. The summed E-state index contributed by atoms with van der Waals surface area (Å²) >= 11 is 0. The van der Waals surface area contributed by atoms with E-state index in [2.05, 4.69) is 22.9 Å². The zero-order valence-electron chi connectivity index (χ0n) is 17.2. The Morgan fingerprint density at radius 1 is 1.04 bits per heavy atom. The monoisotopic (exact) mass is 379 g/mol. The van der Waals surface area contributed by atoms with Gasteiger partial charge in [0.2, 0.25) is 0 Å². The molecule has 1 aliphatic heterocycles. The highest BCUT2D eigenvalue weighted by atomic mass is 16.2. The largest absolute Gasteiger partial charge is 0.338 e. The first-order valence-electron chi connectivity index (χ1n) is 10.1. The van der Waals surface area contributed by atoms with Crippen LogP contribution in [0, 0.1) is 26.8 Å². The molecule has 2 fully saturated rings. The van der Waals surface area contributed by atoms with Crippen LogP contribution in [0.3, 0.4) is 0 Å². The normalized spacial score (nSPS) is 20.5. The third-order valence-corrected chi connectivity index (χ3v) is 5.18. The van der Waals surface area contributed by atoms with Crippen molar-refractivity contribution in [1.29, 1.82) is 0 Å². The van der Waals surface area contributed by atoms with E-state index in [1.165, 1.54) is 38.1 Å². The lowest BCUT2D eigenvalue weighted by Crippen LogP contribution is -2.42. The van der Waals surface area contributed by atoms with Crippen LogP contribution in [-0.2, 0) is 0 Å². The number of nitrogens with zero attached hydrogens (tertiary/aromatic N) is 1. The molecule has 27 heavy (non-hydrogen) atoms. The van der Waals surface area contributed by atoms with E-state index in [1.807, 2.05) is 4.90 Å². The predicted molar refractivity (Wildman–Crippen MR) is 111 cm³/mol. The summed E-state index contributed by atoms with van der Waals surface area (Å²) in [7, 11) is 0. The molecule has 1 atom stereocenters. The number of urea groups is 2. The minimum absolute atomic E-state index is 0. The summed E-state index contributed by atoms with van der Waals surface area (Å²) < 4.78 is 0. The molecule has 0 bridgehead atoms. The quantitative estimate of drug-likeness (QED) is 0.609. The summed E-state index contributed by atoms with van der Waals surface area (Å²) in [4.78, 5) is 26.0. The Morgan fingerprint density at radius 3 is 2.37 bits per heavy atom. The van der Waals surface area contributed by atoms with E-state index in [0.29, 0.717) is 12.5 Å². The summed E-state index contributed by atoms with van der Waals surface area (Å²) in [6.45, 7) is 5.01. The van der Waals surface area contributed by atoms with Crippen molar-refractivity contribution in [2.45, 2.75) is 71.1 Å². The van der Waals surface area contributed by atoms with Crippen molar-refractivity contribution in [2.24, 2.45) is 5.92 Å². The molecule has 6 nitrogen and oxygen atoms in total. The van der Waals surface area contributed by atoms with Crippen LogP contribution in [0.5, 0.6) is 0 Å². The first-order valence-corrected chi connectivity index (χ1v) is 10.1. The fourth-order valence-electron chi connectivity index (χ4n) is 3.57. The molecule has 5 radical (unpaired) electrons. The lowest BCUT2D eigenvalue weighted by molar-refractivity contribution is 0.206. The molecule has 1 saturated heterocycles. The van der Waals surface area contributed by atoms with Crippen molar-refractivity contribution in [1.82, 2.24) is 20.9 Å². The molecule has 3 N–H and O–H groups in total. The zero-order chi connectivity index (χ0) is 17.9. The van der Waals surface area contributed by atoms with Crippen molar-refractivity contribution in [3.63, 3.8) is 0 Å². The van der Waals surface area contributed by atoms with E-state index in [4.69, 9.17) is 0 Å². The van der Waals surface area contributed by atoms with E-state index in [0.717, 1.165) is 51.7 Å². The Morgan fingerprint density at radius 2 is 1.70 bits per heavy atom. The summed E-state index contributed by atoms with van der Waals surface area (Å²) in [5.41, 5.74) is 0. The van der Waals surface area contributed by atoms with Gasteiger partial charge in [0.25, 0.3) is 0 Å².